The van der Waals surface area contributed by atoms with Gasteiger partial charge in [-0.05, 0) is 0 Å². The smallest absolute Gasteiger partial charge is 0.205 e. The van der Waals surface area contributed by atoms with Gasteiger partial charge in [0.2, 0.25) is 5.60 Å². The van der Waals surface area contributed by atoms with Crippen LogP contribution in [0.4, 0.5) is 5.82 Å². The fraction of sp³-hybridized carbons (Fsp3) is 0.462. The molecule has 0 spiro atoms. The highest BCUT2D eigenvalue weighted by Gasteiger charge is 2.92. The first kappa shape index (κ1) is 14.6. The molecule has 1 aliphatic carbocycles. The maximum atomic E-state index is 10.8. The highest BCUT2D eigenvalue weighted by molar-refractivity contribution is 6.19. The number of fused-ring (bicyclic) bond motifs is 2. The van der Waals surface area contributed by atoms with E-state index in [2.05, 4.69) is 20.9 Å². The van der Waals surface area contributed by atoms with Gasteiger partial charge in [0.1, 0.15) is 23.5 Å². The van der Waals surface area contributed by atoms with Gasteiger partial charge < -0.3 is 25.8 Å². The van der Waals surface area contributed by atoms with Gasteiger partial charge in [-0.15, -0.1) is 18.0 Å². The van der Waals surface area contributed by atoms with Gasteiger partial charge in [-0.3, -0.25) is 4.57 Å². The summed E-state index contributed by atoms with van der Waals surface area (Å²) in [6, 6.07) is 0. The lowest BCUT2D eigenvalue weighted by Gasteiger charge is -2.30. The van der Waals surface area contributed by atoms with Crippen LogP contribution in [0, 0.1) is 12.3 Å². The molecule has 1 saturated heterocycles. The van der Waals surface area contributed by atoms with Crippen molar-refractivity contribution in [3.63, 3.8) is 0 Å². The number of hydrogen-bond acceptors (Lipinski definition) is 8. The largest absolute Gasteiger partial charge is 0.387 e. The number of halogens is 1. The zero-order valence-corrected chi connectivity index (χ0v) is 12.3. The lowest BCUT2D eigenvalue weighted by Crippen LogP contribution is -2.50. The molecule has 2 aromatic heterocycles. The number of aliphatic hydroxyl groups excluding tert-OH is 1. The molecule has 3 heterocycles. The summed E-state index contributed by atoms with van der Waals surface area (Å²) in [6.45, 7) is 0. The number of nitrogens with zero attached hydrogens (tertiary/aromatic N) is 4. The summed E-state index contributed by atoms with van der Waals surface area (Å²) in [6.07, 6.45) is 5.31. The first-order valence-electron chi connectivity index (χ1n) is 6.64. The molecular weight excluding hydrogens is 326 g/mol. The van der Waals surface area contributed by atoms with E-state index in [9.17, 15) is 15.3 Å². The minimum absolute atomic E-state index is 0.145. The van der Waals surface area contributed by atoms with Crippen LogP contribution in [0.2, 0.25) is 0 Å². The Morgan fingerprint density at radius 3 is 2.83 bits per heavy atom. The van der Waals surface area contributed by atoms with Crippen LogP contribution in [0.3, 0.4) is 0 Å². The molecular formula is C13H12ClN5O4. The molecule has 5 N–H and O–H groups in total. The number of anilines is 1. The Bertz CT molecular complexity index is 868. The van der Waals surface area contributed by atoms with Crippen molar-refractivity contribution >= 4 is 28.6 Å². The highest BCUT2D eigenvalue weighted by atomic mass is 35.5. The molecule has 9 nitrogen and oxygen atoms in total. The summed E-state index contributed by atoms with van der Waals surface area (Å²) in [5.74, 6) is 2.01. The van der Waals surface area contributed by atoms with E-state index in [0.29, 0.717) is 5.52 Å². The van der Waals surface area contributed by atoms with Crippen molar-refractivity contribution in [2.45, 2.75) is 29.1 Å². The van der Waals surface area contributed by atoms with Gasteiger partial charge in [-0.25, -0.2) is 15.0 Å². The third-order valence-electron chi connectivity index (χ3n) is 4.72. The number of aliphatic hydroxyl groups is 3. The van der Waals surface area contributed by atoms with Crippen LogP contribution < -0.4 is 5.73 Å². The number of aromatic nitrogens is 4. The summed E-state index contributed by atoms with van der Waals surface area (Å²) in [4.78, 5) is 11.9. The number of alkyl halides is 1. The van der Waals surface area contributed by atoms with Crippen LogP contribution in [0.5, 0.6) is 0 Å². The lowest BCUT2D eigenvalue weighted by atomic mass is 9.92. The molecule has 23 heavy (non-hydrogen) atoms. The Kier molecular flexibility index (Phi) is 2.61. The number of nitrogens with two attached hydrogens (primary N) is 1. The van der Waals surface area contributed by atoms with Crippen LogP contribution in [-0.2, 0) is 4.74 Å². The molecule has 2 aliphatic rings. The molecule has 0 aromatic carbocycles. The zero-order valence-electron chi connectivity index (χ0n) is 11.6. The van der Waals surface area contributed by atoms with Crippen molar-refractivity contribution < 1.29 is 20.1 Å². The van der Waals surface area contributed by atoms with Gasteiger partial charge >= 0.3 is 0 Å². The Morgan fingerprint density at radius 1 is 1.43 bits per heavy atom. The summed E-state index contributed by atoms with van der Waals surface area (Å²) < 4.78 is 7.02. The van der Waals surface area contributed by atoms with E-state index < -0.39 is 29.1 Å². The van der Waals surface area contributed by atoms with Crippen molar-refractivity contribution in [1.29, 1.82) is 0 Å². The third-order valence-corrected chi connectivity index (χ3v) is 5.11. The molecule has 4 rings (SSSR count). The highest BCUT2D eigenvalue weighted by Crippen LogP contribution is 2.67. The molecule has 0 amide bonds. The Labute approximate surface area is 134 Å². The van der Waals surface area contributed by atoms with Crippen molar-refractivity contribution in [3.05, 3.63) is 12.7 Å². The number of imidazole rings is 1. The average Bonchev–Trinajstić information content (AvgIpc) is 2.86. The maximum Gasteiger partial charge on any atom is 0.205 e. The summed E-state index contributed by atoms with van der Waals surface area (Å²) in [5.41, 5.74) is 0.408. The van der Waals surface area contributed by atoms with Gasteiger partial charge in [0.25, 0.3) is 0 Å². The number of rotatable bonds is 2. The molecule has 1 saturated carbocycles. The first-order chi connectivity index (χ1) is 10.9. The minimum atomic E-state index is -2.23. The van der Waals surface area contributed by atoms with E-state index >= 15 is 0 Å². The van der Waals surface area contributed by atoms with E-state index in [1.165, 1.54) is 17.2 Å². The summed E-state index contributed by atoms with van der Waals surface area (Å²) in [7, 11) is 0. The molecule has 5 atom stereocenters. The predicted octanol–water partition coefficient (Wildman–Crippen LogP) is -1.62. The van der Waals surface area contributed by atoms with Crippen molar-refractivity contribution in [1.82, 2.24) is 19.5 Å². The van der Waals surface area contributed by atoms with Gasteiger partial charge in [-0.1, -0.05) is 5.92 Å². The summed E-state index contributed by atoms with van der Waals surface area (Å²) in [5, 5.41) is 31.5. The molecule has 1 unspecified atom stereocenters. The fourth-order valence-corrected chi connectivity index (χ4v) is 3.73. The minimum Gasteiger partial charge on any atom is -0.387 e. The van der Waals surface area contributed by atoms with Crippen molar-refractivity contribution in [3.8, 4) is 12.3 Å². The second-order valence-electron chi connectivity index (χ2n) is 5.66. The topological polar surface area (TPSA) is 140 Å². The zero-order chi connectivity index (χ0) is 16.6. The van der Waals surface area contributed by atoms with Gasteiger partial charge in [0.15, 0.2) is 23.3 Å². The number of nitrogen functional groups attached to an aromatic ring is 1. The third kappa shape index (κ3) is 1.33. The van der Waals surface area contributed by atoms with Crippen LogP contribution in [0.1, 0.15) is 6.23 Å². The SMILES string of the molecule is C#C[C@]1(O)[C@H](n2cnc3c(N)ncnc32)O[C@]2(CCl)C(O)[C@@]21O. The summed E-state index contributed by atoms with van der Waals surface area (Å²) >= 11 is 5.83. The molecule has 2 aromatic rings. The molecule has 10 heteroatoms. The van der Waals surface area contributed by atoms with E-state index in [0.717, 1.165) is 0 Å². The van der Waals surface area contributed by atoms with Crippen LogP contribution >= 0.6 is 11.6 Å². The molecule has 0 bridgehead atoms. The average molecular weight is 338 g/mol. The number of hydrogen-bond donors (Lipinski definition) is 4. The van der Waals surface area contributed by atoms with E-state index in [1.807, 2.05) is 0 Å². The first-order valence-corrected chi connectivity index (χ1v) is 7.18. The van der Waals surface area contributed by atoms with Gasteiger partial charge in [0.05, 0.1) is 12.2 Å². The normalized spacial score (nSPS) is 41.7. The van der Waals surface area contributed by atoms with Crippen molar-refractivity contribution in [2.24, 2.45) is 0 Å². The monoisotopic (exact) mass is 337 g/mol. The van der Waals surface area contributed by atoms with E-state index in [4.69, 9.17) is 28.5 Å². The molecule has 120 valence electrons. The second-order valence-corrected chi connectivity index (χ2v) is 5.92. The van der Waals surface area contributed by atoms with Gasteiger partial charge in [-0.2, -0.15) is 0 Å². The fourth-order valence-electron chi connectivity index (χ4n) is 3.32. The maximum absolute atomic E-state index is 10.8. The number of terminal acetylenes is 1. The quantitative estimate of drug-likeness (QED) is 0.379. The second kappa shape index (κ2) is 4.11. The Morgan fingerprint density at radius 2 is 2.17 bits per heavy atom. The van der Waals surface area contributed by atoms with Gasteiger partial charge in [0, 0.05) is 0 Å². The van der Waals surface area contributed by atoms with Crippen molar-refractivity contribution in [2.75, 3.05) is 11.6 Å². The lowest BCUT2D eigenvalue weighted by molar-refractivity contribution is -0.142. The molecule has 0 radical (unpaired) electrons. The number of ether oxygens (including phenoxy) is 1. The van der Waals surface area contributed by atoms with Crippen LogP contribution in [-0.4, -0.2) is 63.6 Å². The Balaban J connectivity index is 1.90. The van der Waals surface area contributed by atoms with Crippen LogP contribution in [0.25, 0.3) is 11.2 Å². The molecule has 1 aliphatic heterocycles. The Hall–Kier alpha value is -1.96. The molecule has 2 fully saturated rings. The van der Waals surface area contributed by atoms with E-state index in [-0.39, 0.29) is 17.3 Å². The van der Waals surface area contributed by atoms with E-state index in [1.54, 1.807) is 0 Å². The predicted molar refractivity (Wildman–Crippen MR) is 78.0 cm³/mol. The standard InChI is InChI=1S/C13H12ClN5O4/c1-2-11(21)10(23-12(3-14)9(20)13(11,12)22)19-5-18-6-7(15)16-4-17-8(6)19/h1,4-5,9-10,20-22H,3H2,(H2,15,16,17)/t9?,10-,11+,12-,13+/m1/s1. The van der Waals surface area contributed by atoms with Crippen LogP contribution in [0.15, 0.2) is 12.7 Å².